The molecule has 0 bridgehead atoms. The first-order valence-corrected chi connectivity index (χ1v) is 5.40. The quantitative estimate of drug-likeness (QED) is 0.580. The molecule has 1 heteroatoms. The van der Waals surface area contributed by atoms with Gasteiger partial charge in [-0.3, -0.25) is 4.90 Å². The van der Waals surface area contributed by atoms with Crippen molar-refractivity contribution in [2.24, 2.45) is 11.8 Å². The maximum Gasteiger partial charge on any atom is 0.0236 e. The Hall–Kier alpha value is -0.0400. The molecule has 1 nitrogen and oxygen atoms in total. The second-order valence-corrected chi connectivity index (χ2v) is 5.12. The van der Waals surface area contributed by atoms with E-state index in [1.54, 1.807) is 0 Å². The first-order chi connectivity index (χ1) is 5.65. The smallest absolute Gasteiger partial charge is 0.0236 e. The molecular formula is C11H21N. The van der Waals surface area contributed by atoms with Crippen molar-refractivity contribution in [3.05, 3.63) is 0 Å². The SMILES string of the molecule is CC(C)C12CCCN1C[C@H](C)C2. The highest BCUT2D eigenvalue weighted by atomic mass is 15.2. The third-order valence-corrected chi connectivity index (χ3v) is 3.98. The number of rotatable bonds is 1. The van der Waals surface area contributed by atoms with Crippen LogP contribution in [-0.4, -0.2) is 23.5 Å². The van der Waals surface area contributed by atoms with Crippen molar-refractivity contribution < 1.29 is 0 Å². The van der Waals surface area contributed by atoms with Crippen LogP contribution in [0, 0.1) is 11.8 Å². The molecule has 2 atom stereocenters. The van der Waals surface area contributed by atoms with E-state index < -0.39 is 0 Å². The molecule has 12 heavy (non-hydrogen) atoms. The van der Waals surface area contributed by atoms with Gasteiger partial charge in [0.1, 0.15) is 0 Å². The largest absolute Gasteiger partial charge is 0.297 e. The summed E-state index contributed by atoms with van der Waals surface area (Å²) in [6.07, 6.45) is 4.34. The first-order valence-electron chi connectivity index (χ1n) is 5.40. The van der Waals surface area contributed by atoms with E-state index >= 15 is 0 Å². The standard InChI is InChI=1S/C11H21N/c1-9(2)11-5-4-6-12(11)8-10(3)7-11/h9-10H,4-8H2,1-3H3/t10-,11?/m1/s1. The van der Waals surface area contributed by atoms with Gasteiger partial charge in [0.25, 0.3) is 0 Å². The van der Waals surface area contributed by atoms with Crippen LogP contribution >= 0.6 is 0 Å². The number of nitrogens with zero attached hydrogens (tertiary/aromatic N) is 1. The summed E-state index contributed by atoms with van der Waals surface area (Å²) in [6, 6.07) is 0. The van der Waals surface area contributed by atoms with Gasteiger partial charge in [-0.05, 0) is 37.6 Å². The summed E-state index contributed by atoms with van der Waals surface area (Å²) >= 11 is 0. The Morgan fingerprint density at radius 3 is 2.75 bits per heavy atom. The van der Waals surface area contributed by atoms with Crippen LogP contribution in [-0.2, 0) is 0 Å². The van der Waals surface area contributed by atoms with Crippen molar-refractivity contribution in [1.29, 1.82) is 0 Å². The fourth-order valence-corrected chi connectivity index (χ4v) is 3.39. The van der Waals surface area contributed by atoms with Crippen LogP contribution in [0.15, 0.2) is 0 Å². The van der Waals surface area contributed by atoms with E-state index in [0.29, 0.717) is 5.54 Å². The molecule has 0 radical (unpaired) electrons. The molecule has 2 saturated heterocycles. The molecular weight excluding hydrogens is 146 g/mol. The second kappa shape index (κ2) is 2.73. The van der Waals surface area contributed by atoms with Crippen LogP contribution in [0.25, 0.3) is 0 Å². The van der Waals surface area contributed by atoms with Gasteiger partial charge in [0, 0.05) is 12.1 Å². The van der Waals surface area contributed by atoms with Crippen molar-refractivity contribution in [3.8, 4) is 0 Å². The lowest BCUT2D eigenvalue weighted by Crippen LogP contribution is -2.42. The summed E-state index contributed by atoms with van der Waals surface area (Å²) in [6.45, 7) is 9.93. The molecule has 0 spiro atoms. The fourth-order valence-electron chi connectivity index (χ4n) is 3.39. The van der Waals surface area contributed by atoms with Gasteiger partial charge in [-0.1, -0.05) is 20.8 Å². The zero-order chi connectivity index (χ0) is 8.77. The Balaban J connectivity index is 2.20. The van der Waals surface area contributed by atoms with Gasteiger partial charge in [0.05, 0.1) is 0 Å². The Labute approximate surface area is 76.1 Å². The number of fused-ring (bicyclic) bond motifs is 1. The van der Waals surface area contributed by atoms with Gasteiger partial charge < -0.3 is 0 Å². The second-order valence-electron chi connectivity index (χ2n) is 5.12. The molecule has 0 amide bonds. The monoisotopic (exact) mass is 167 g/mol. The third-order valence-electron chi connectivity index (χ3n) is 3.98. The molecule has 2 heterocycles. The molecule has 2 fully saturated rings. The zero-order valence-corrected chi connectivity index (χ0v) is 8.64. The van der Waals surface area contributed by atoms with E-state index in [0.717, 1.165) is 11.8 Å². The summed E-state index contributed by atoms with van der Waals surface area (Å²) in [4.78, 5) is 2.75. The van der Waals surface area contributed by atoms with Crippen molar-refractivity contribution >= 4 is 0 Å². The molecule has 0 saturated carbocycles. The summed E-state index contributed by atoms with van der Waals surface area (Å²) in [7, 11) is 0. The average molecular weight is 167 g/mol. The molecule has 2 aliphatic rings. The van der Waals surface area contributed by atoms with Gasteiger partial charge in [0.15, 0.2) is 0 Å². The third kappa shape index (κ3) is 1.02. The van der Waals surface area contributed by atoms with Crippen molar-refractivity contribution in [1.82, 2.24) is 4.90 Å². The highest BCUT2D eigenvalue weighted by Gasteiger charge is 2.48. The van der Waals surface area contributed by atoms with Crippen LogP contribution in [0.3, 0.4) is 0 Å². The highest BCUT2D eigenvalue weighted by molar-refractivity contribution is 5.03. The Kier molecular flexibility index (Phi) is 1.95. The molecule has 2 rings (SSSR count). The molecule has 1 unspecified atom stereocenters. The lowest BCUT2D eigenvalue weighted by molar-refractivity contribution is 0.136. The van der Waals surface area contributed by atoms with E-state index in [1.165, 1.54) is 32.4 Å². The molecule has 0 aromatic heterocycles. The first kappa shape index (κ1) is 8.55. The molecule has 2 aliphatic heterocycles. The van der Waals surface area contributed by atoms with Crippen molar-refractivity contribution in [2.45, 2.75) is 45.6 Å². The summed E-state index contributed by atoms with van der Waals surface area (Å²) in [5.41, 5.74) is 0.611. The molecule has 0 aliphatic carbocycles. The van der Waals surface area contributed by atoms with Gasteiger partial charge in [-0.15, -0.1) is 0 Å². The summed E-state index contributed by atoms with van der Waals surface area (Å²) < 4.78 is 0. The minimum Gasteiger partial charge on any atom is -0.297 e. The van der Waals surface area contributed by atoms with E-state index in [-0.39, 0.29) is 0 Å². The lowest BCUT2D eigenvalue weighted by atomic mass is 9.81. The van der Waals surface area contributed by atoms with E-state index in [1.807, 2.05) is 0 Å². The van der Waals surface area contributed by atoms with Crippen LogP contribution < -0.4 is 0 Å². The van der Waals surface area contributed by atoms with Gasteiger partial charge in [0.2, 0.25) is 0 Å². The predicted molar refractivity (Wildman–Crippen MR) is 52.2 cm³/mol. The van der Waals surface area contributed by atoms with Gasteiger partial charge >= 0.3 is 0 Å². The van der Waals surface area contributed by atoms with Crippen molar-refractivity contribution in [2.75, 3.05) is 13.1 Å². The molecule has 0 aromatic carbocycles. The number of hydrogen-bond donors (Lipinski definition) is 0. The maximum absolute atomic E-state index is 2.75. The zero-order valence-electron chi connectivity index (χ0n) is 8.64. The topological polar surface area (TPSA) is 3.24 Å². The lowest BCUT2D eigenvalue weighted by Gasteiger charge is -2.36. The fraction of sp³-hybridized carbons (Fsp3) is 1.00. The Morgan fingerprint density at radius 2 is 2.17 bits per heavy atom. The minimum atomic E-state index is 0.611. The molecule has 0 N–H and O–H groups in total. The molecule has 70 valence electrons. The van der Waals surface area contributed by atoms with Crippen LogP contribution in [0.4, 0.5) is 0 Å². The minimum absolute atomic E-state index is 0.611. The Bertz CT molecular complexity index is 176. The van der Waals surface area contributed by atoms with Crippen LogP contribution in [0.2, 0.25) is 0 Å². The van der Waals surface area contributed by atoms with Crippen LogP contribution in [0.5, 0.6) is 0 Å². The maximum atomic E-state index is 2.75. The summed E-state index contributed by atoms with van der Waals surface area (Å²) in [5, 5.41) is 0. The van der Waals surface area contributed by atoms with E-state index in [4.69, 9.17) is 0 Å². The van der Waals surface area contributed by atoms with Crippen LogP contribution in [0.1, 0.15) is 40.0 Å². The van der Waals surface area contributed by atoms with Gasteiger partial charge in [-0.25, -0.2) is 0 Å². The molecule has 0 aromatic rings. The van der Waals surface area contributed by atoms with E-state index in [9.17, 15) is 0 Å². The normalized spacial score (nSPS) is 42.5. The van der Waals surface area contributed by atoms with Gasteiger partial charge in [-0.2, -0.15) is 0 Å². The van der Waals surface area contributed by atoms with Crippen molar-refractivity contribution in [3.63, 3.8) is 0 Å². The predicted octanol–water partition coefficient (Wildman–Crippen LogP) is 2.52. The van der Waals surface area contributed by atoms with E-state index in [2.05, 4.69) is 25.7 Å². The highest BCUT2D eigenvalue weighted by Crippen LogP contribution is 2.45. The number of hydrogen-bond acceptors (Lipinski definition) is 1. The average Bonchev–Trinajstić information content (AvgIpc) is 2.42. The summed E-state index contributed by atoms with van der Waals surface area (Å²) in [5.74, 6) is 1.79. The Morgan fingerprint density at radius 1 is 1.42 bits per heavy atom.